The van der Waals surface area contributed by atoms with E-state index >= 15 is 0 Å². The van der Waals surface area contributed by atoms with E-state index in [1.165, 1.54) is 12.8 Å². The van der Waals surface area contributed by atoms with Crippen molar-refractivity contribution in [1.82, 2.24) is 10.2 Å². The minimum absolute atomic E-state index is 0.492. The van der Waals surface area contributed by atoms with Crippen LogP contribution >= 0.6 is 12.2 Å². The number of nitrogens with zero attached hydrogens (tertiary/aromatic N) is 1. The highest BCUT2D eigenvalue weighted by Crippen LogP contribution is 1.98. The van der Waals surface area contributed by atoms with Gasteiger partial charge < -0.3 is 10.2 Å². The number of rotatable bonds is 5. The standard InChI is InChI=1S/C10H22N2S/c1-5-7-8-11-10(13)12(6-2)9(3)4/h9H,5-8H2,1-4H3,(H,11,13). The van der Waals surface area contributed by atoms with Gasteiger partial charge in [-0.3, -0.25) is 0 Å². The molecule has 2 nitrogen and oxygen atoms in total. The molecule has 1 N–H and O–H groups in total. The van der Waals surface area contributed by atoms with E-state index in [2.05, 4.69) is 37.9 Å². The van der Waals surface area contributed by atoms with E-state index in [4.69, 9.17) is 12.2 Å². The fourth-order valence-corrected chi connectivity index (χ4v) is 1.66. The van der Waals surface area contributed by atoms with Gasteiger partial charge in [-0.1, -0.05) is 13.3 Å². The Hall–Kier alpha value is -0.310. The highest BCUT2D eigenvalue weighted by atomic mass is 32.1. The first kappa shape index (κ1) is 12.7. The average molecular weight is 202 g/mol. The number of hydrogen-bond donors (Lipinski definition) is 1. The summed E-state index contributed by atoms with van der Waals surface area (Å²) in [5.74, 6) is 0. The molecule has 0 aliphatic carbocycles. The van der Waals surface area contributed by atoms with Crippen LogP contribution in [-0.2, 0) is 0 Å². The Morgan fingerprint density at radius 2 is 2.00 bits per heavy atom. The molecule has 0 aromatic rings. The van der Waals surface area contributed by atoms with E-state index in [0.717, 1.165) is 18.2 Å². The Kier molecular flexibility index (Phi) is 6.96. The second-order valence-corrected chi connectivity index (χ2v) is 3.85. The number of nitrogens with one attached hydrogen (secondary N) is 1. The van der Waals surface area contributed by atoms with Gasteiger partial charge in [0.1, 0.15) is 0 Å². The molecule has 0 fully saturated rings. The molecular formula is C10H22N2S. The van der Waals surface area contributed by atoms with Gasteiger partial charge in [-0.2, -0.15) is 0 Å². The van der Waals surface area contributed by atoms with Crippen molar-refractivity contribution >= 4 is 17.3 Å². The largest absolute Gasteiger partial charge is 0.363 e. The molecule has 3 heteroatoms. The third-order valence-electron chi connectivity index (χ3n) is 2.03. The lowest BCUT2D eigenvalue weighted by Gasteiger charge is -2.28. The van der Waals surface area contributed by atoms with Gasteiger partial charge in [0.15, 0.2) is 5.11 Å². The monoisotopic (exact) mass is 202 g/mol. The van der Waals surface area contributed by atoms with Crippen LogP contribution in [0.3, 0.4) is 0 Å². The van der Waals surface area contributed by atoms with Crippen molar-refractivity contribution < 1.29 is 0 Å². The maximum absolute atomic E-state index is 5.28. The Morgan fingerprint density at radius 1 is 1.38 bits per heavy atom. The molecule has 0 spiro atoms. The SMILES string of the molecule is CCCCNC(=S)N(CC)C(C)C. The molecule has 0 aliphatic rings. The third-order valence-corrected chi connectivity index (χ3v) is 2.41. The summed E-state index contributed by atoms with van der Waals surface area (Å²) in [6.45, 7) is 10.6. The molecule has 0 saturated heterocycles. The van der Waals surface area contributed by atoms with Crippen molar-refractivity contribution in [2.45, 2.75) is 46.6 Å². The molecule has 0 radical (unpaired) electrons. The van der Waals surface area contributed by atoms with Crippen LogP contribution in [0, 0.1) is 0 Å². The normalized spacial score (nSPS) is 10.2. The van der Waals surface area contributed by atoms with Crippen molar-refractivity contribution in [3.63, 3.8) is 0 Å². The summed E-state index contributed by atoms with van der Waals surface area (Å²) in [5, 5.41) is 4.17. The highest BCUT2D eigenvalue weighted by molar-refractivity contribution is 7.80. The molecule has 0 unspecified atom stereocenters. The minimum Gasteiger partial charge on any atom is -0.363 e. The van der Waals surface area contributed by atoms with Gasteiger partial charge in [0, 0.05) is 19.1 Å². The number of thiocarbonyl (C=S) groups is 1. The second-order valence-electron chi connectivity index (χ2n) is 3.47. The van der Waals surface area contributed by atoms with Crippen LogP contribution in [0.25, 0.3) is 0 Å². The lowest BCUT2D eigenvalue weighted by atomic mass is 10.3. The zero-order chi connectivity index (χ0) is 10.3. The summed E-state index contributed by atoms with van der Waals surface area (Å²) < 4.78 is 0. The van der Waals surface area contributed by atoms with Crippen molar-refractivity contribution in [3.05, 3.63) is 0 Å². The van der Waals surface area contributed by atoms with Crippen LogP contribution in [0.1, 0.15) is 40.5 Å². The van der Waals surface area contributed by atoms with Gasteiger partial charge in [-0.05, 0) is 39.4 Å². The lowest BCUT2D eigenvalue weighted by Crippen LogP contribution is -2.43. The molecule has 0 aliphatic heterocycles. The second kappa shape index (κ2) is 7.13. The topological polar surface area (TPSA) is 15.3 Å². The van der Waals surface area contributed by atoms with E-state index in [-0.39, 0.29) is 0 Å². The van der Waals surface area contributed by atoms with E-state index in [0.29, 0.717) is 6.04 Å². The third kappa shape index (κ3) is 5.09. The first-order valence-corrected chi connectivity index (χ1v) is 5.58. The van der Waals surface area contributed by atoms with Crippen molar-refractivity contribution in [2.24, 2.45) is 0 Å². The van der Waals surface area contributed by atoms with Gasteiger partial charge >= 0.3 is 0 Å². The maximum Gasteiger partial charge on any atom is 0.169 e. The van der Waals surface area contributed by atoms with Gasteiger partial charge in [-0.15, -0.1) is 0 Å². The fraction of sp³-hybridized carbons (Fsp3) is 0.900. The van der Waals surface area contributed by atoms with Crippen LogP contribution in [0.4, 0.5) is 0 Å². The van der Waals surface area contributed by atoms with E-state index in [1.807, 2.05) is 0 Å². The molecule has 13 heavy (non-hydrogen) atoms. The zero-order valence-corrected chi connectivity index (χ0v) is 10.1. The van der Waals surface area contributed by atoms with Crippen molar-refractivity contribution in [3.8, 4) is 0 Å². The van der Waals surface area contributed by atoms with Crippen molar-refractivity contribution in [1.29, 1.82) is 0 Å². The molecule has 0 atom stereocenters. The highest BCUT2D eigenvalue weighted by Gasteiger charge is 2.09. The molecule has 0 bridgehead atoms. The summed E-state index contributed by atoms with van der Waals surface area (Å²) in [5.41, 5.74) is 0. The van der Waals surface area contributed by atoms with Crippen LogP contribution in [-0.4, -0.2) is 29.1 Å². The molecule has 0 aromatic heterocycles. The quantitative estimate of drug-likeness (QED) is 0.544. The van der Waals surface area contributed by atoms with E-state index in [1.54, 1.807) is 0 Å². The summed E-state index contributed by atoms with van der Waals surface area (Å²) in [6, 6.07) is 0.492. The predicted octanol–water partition coefficient (Wildman–Crippen LogP) is 2.39. The molecule has 0 heterocycles. The zero-order valence-electron chi connectivity index (χ0n) is 9.26. The molecule has 0 aromatic carbocycles. The van der Waals surface area contributed by atoms with Crippen LogP contribution in [0.5, 0.6) is 0 Å². The summed E-state index contributed by atoms with van der Waals surface area (Å²) >= 11 is 5.28. The lowest BCUT2D eigenvalue weighted by molar-refractivity contribution is 0.361. The van der Waals surface area contributed by atoms with Crippen LogP contribution < -0.4 is 5.32 Å². The van der Waals surface area contributed by atoms with Gasteiger partial charge in [0.2, 0.25) is 0 Å². The smallest absolute Gasteiger partial charge is 0.169 e. The first-order chi connectivity index (χ1) is 6.13. The summed E-state index contributed by atoms with van der Waals surface area (Å²) in [7, 11) is 0. The fourth-order valence-electron chi connectivity index (χ4n) is 1.22. The molecule has 0 rings (SSSR count). The van der Waals surface area contributed by atoms with E-state index in [9.17, 15) is 0 Å². The summed E-state index contributed by atoms with van der Waals surface area (Å²) in [4.78, 5) is 2.20. The molecule has 0 saturated carbocycles. The Morgan fingerprint density at radius 3 is 2.38 bits per heavy atom. The Balaban J connectivity index is 3.78. The molecule has 0 amide bonds. The van der Waals surface area contributed by atoms with Gasteiger partial charge in [0.25, 0.3) is 0 Å². The summed E-state index contributed by atoms with van der Waals surface area (Å²) in [6.07, 6.45) is 2.40. The molecule has 78 valence electrons. The van der Waals surface area contributed by atoms with Gasteiger partial charge in [-0.25, -0.2) is 0 Å². The minimum atomic E-state index is 0.492. The van der Waals surface area contributed by atoms with Crippen molar-refractivity contribution in [2.75, 3.05) is 13.1 Å². The van der Waals surface area contributed by atoms with E-state index < -0.39 is 0 Å². The molecular weight excluding hydrogens is 180 g/mol. The van der Waals surface area contributed by atoms with Crippen LogP contribution in [0.15, 0.2) is 0 Å². The predicted molar refractivity (Wildman–Crippen MR) is 63.0 cm³/mol. The Labute approximate surface area is 87.7 Å². The first-order valence-electron chi connectivity index (χ1n) is 5.17. The number of unbranched alkanes of at least 4 members (excludes halogenated alkanes) is 1. The number of hydrogen-bond acceptors (Lipinski definition) is 1. The van der Waals surface area contributed by atoms with Gasteiger partial charge in [0.05, 0.1) is 0 Å². The maximum atomic E-state index is 5.28. The van der Waals surface area contributed by atoms with Crippen LogP contribution in [0.2, 0.25) is 0 Å². The Bertz CT molecular complexity index is 146. The average Bonchev–Trinajstić information content (AvgIpc) is 2.05.